The molecule has 1 aliphatic carbocycles. The summed E-state index contributed by atoms with van der Waals surface area (Å²) in [7, 11) is 0. The van der Waals surface area contributed by atoms with E-state index < -0.39 is 6.10 Å². The number of fused-ring (bicyclic) bond motifs is 1. The molecule has 0 radical (unpaired) electrons. The Hall–Kier alpha value is -2.04. The quantitative estimate of drug-likeness (QED) is 0.646. The average molecular weight is 290 g/mol. The fourth-order valence-corrected chi connectivity index (χ4v) is 2.33. The number of hydrogen-bond donors (Lipinski definition) is 2. The van der Waals surface area contributed by atoms with E-state index in [0.717, 1.165) is 24.0 Å². The van der Waals surface area contributed by atoms with Crippen molar-refractivity contribution in [2.75, 3.05) is 6.54 Å². The highest BCUT2D eigenvalue weighted by molar-refractivity contribution is 6.04. The first-order valence-electron chi connectivity index (χ1n) is 7.30. The molecule has 21 heavy (non-hydrogen) atoms. The van der Waals surface area contributed by atoms with E-state index in [2.05, 4.69) is 10.5 Å². The number of aryl methyl sites for hydroxylation is 1. The predicted molar refractivity (Wildman–Crippen MR) is 81.0 cm³/mol. The molecule has 114 valence electrons. The van der Waals surface area contributed by atoms with Gasteiger partial charge in [0, 0.05) is 12.1 Å². The number of oxime groups is 1. The third-order valence-electron chi connectivity index (χ3n) is 3.51. The van der Waals surface area contributed by atoms with Gasteiger partial charge in [-0.3, -0.25) is 4.79 Å². The van der Waals surface area contributed by atoms with Gasteiger partial charge in [0.2, 0.25) is 0 Å². The van der Waals surface area contributed by atoms with Crippen molar-refractivity contribution in [3.63, 3.8) is 0 Å². The van der Waals surface area contributed by atoms with Crippen molar-refractivity contribution < 1.29 is 14.7 Å². The van der Waals surface area contributed by atoms with E-state index in [1.807, 2.05) is 32.0 Å². The van der Waals surface area contributed by atoms with Crippen LogP contribution in [0.1, 0.15) is 38.3 Å². The van der Waals surface area contributed by atoms with Crippen molar-refractivity contribution in [3.8, 4) is 5.75 Å². The predicted octanol–water partition coefficient (Wildman–Crippen LogP) is 2.35. The van der Waals surface area contributed by atoms with Crippen LogP contribution in [0.4, 0.5) is 0 Å². The minimum atomic E-state index is -0.533. The fraction of sp³-hybridized carbons (Fsp3) is 0.500. The molecule has 2 rings (SSSR count). The second kappa shape index (κ2) is 6.61. The molecule has 2 N–H and O–H groups in total. The normalized spacial score (nSPS) is 16.9. The molecule has 0 saturated carbocycles. The van der Waals surface area contributed by atoms with Gasteiger partial charge in [0.05, 0.1) is 5.71 Å². The number of ether oxygens (including phenoxy) is 1. The average Bonchev–Trinajstić information content (AvgIpc) is 2.86. The lowest BCUT2D eigenvalue weighted by Gasteiger charge is -2.16. The van der Waals surface area contributed by atoms with Crippen molar-refractivity contribution in [2.45, 2.75) is 39.7 Å². The Kier molecular flexibility index (Phi) is 4.83. The highest BCUT2D eigenvalue weighted by atomic mass is 16.5. The molecule has 1 atom stereocenters. The maximum Gasteiger partial charge on any atom is 0.260 e. The molecular weight excluding hydrogens is 268 g/mol. The second-order valence-corrected chi connectivity index (χ2v) is 5.76. The third-order valence-corrected chi connectivity index (χ3v) is 3.51. The van der Waals surface area contributed by atoms with Gasteiger partial charge in [0.15, 0.2) is 6.10 Å². The van der Waals surface area contributed by atoms with Gasteiger partial charge < -0.3 is 15.3 Å². The number of benzene rings is 1. The third kappa shape index (κ3) is 3.74. The van der Waals surface area contributed by atoms with Gasteiger partial charge in [0.1, 0.15) is 5.75 Å². The van der Waals surface area contributed by atoms with Gasteiger partial charge in [-0.1, -0.05) is 19.0 Å². The maximum absolute atomic E-state index is 11.9. The van der Waals surface area contributed by atoms with Crippen LogP contribution in [0.25, 0.3) is 0 Å². The lowest BCUT2D eigenvalue weighted by molar-refractivity contribution is -0.127. The summed E-state index contributed by atoms with van der Waals surface area (Å²) < 4.78 is 5.69. The molecule has 1 unspecified atom stereocenters. The topological polar surface area (TPSA) is 70.9 Å². The van der Waals surface area contributed by atoms with Gasteiger partial charge in [-0.15, -0.1) is 0 Å². The Morgan fingerprint density at radius 3 is 2.81 bits per heavy atom. The van der Waals surface area contributed by atoms with Crippen molar-refractivity contribution in [3.05, 3.63) is 29.3 Å². The zero-order valence-corrected chi connectivity index (χ0v) is 12.7. The number of hydrogen-bond acceptors (Lipinski definition) is 4. The molecular formula is C16H22N2O3. The van der Waals surface area contributed by atoms with Crippen molar-refractivity contribution >= 4 is 11.6 Å². The van der Waals surface area contributed by atoms with Crippen LogP contribution in [0, 0.1) is 5.92 Å². The zero-order chi connectivity index (χ0) is 15.4. The maximum atomic E-state index is 11.9. The van der Waals surface area contributed by atoms with Gasteiger partial charge in [-0.05, 0) is 49.4 Å². The first-order valence-corrected chi connectivity index (χ1v) is 7.30. The highest BCUT2D eigenvalue weighted by Gasteiger charge is 2.20. The number of nitrogens with one attached hydrogen (secondary N) is 1. The van der Waals surface area contributed by atoms with Crippen LogP contribution in [0.3, 0.4) is 0 Å². The molecule has 5 nitrogen and oxygen atoms in total. The summed E-state index contributed by atoms with van der Waals surface area (Å²) in [6.45, 7) is 6.48. The van der Waals surface area contributed by atoms with E-state index in [9.17, 15) is 4.79 Å². The van der Waals surface area contributed by atoms with Crippen LogP contribution in [0.5, 0.6) is 5.75 Å². The number of carbonyl (C=O) groups is 1. The summed E-state index contributed by atoms with van der Waals surface area (Å²) in [6.07, 6.45) is 1.04. The van der Waals surface area contributed by atoms with Crippen LogP contribution in [-0.2, 0) is 11.2 Å². The lowest BCUT2D eigenvalue weighted by Crippen LogP contribution is -2.38. The van der Waals surface area contributed by atoms with Crippen LogP contribution in [0.15, 0.2) is 23.4 Å². The Morgan fingerprint density at radius 2 is 2.14 bits per heavy atom. The van der Waals surface area contributed by atoms with Crippen LogP contribution in [-0.4, -0.2) is 29.5 Å². The van der Waals surface area contributed by atoms with Crippen molar-refractivity contribution in [1.29, 1.82) is 0 Å². The molecule has 0 aromatic heterocycles. The molecule has 0 aliphatic heterocycles. The van der Waals surface area contributed by atoms with Gasteiger partial charge in [0.25, 0.3) is 5.91 Å². The Bertz CT molecular complexity index is 552. The number of carbonyl (C=O) groups excluding carboxylic acids is 1. The molecule has 1 aromatic carbocycles. The number of rotatable bonds is 5. The first-order chi connectivity index (χ1) is 10.0. The van der Waals surface area contributed by atoms with Gasteiger partial charge >= 0.3 is 0 Å². The molecule has 1 aromatic rings. The van der Waals surface area contributed by atoms with Crippen molar-refractivity contribution in [2.24, 2.45) is 11.1 Å². The van der Waals surface area contributed by atoms with E-state index in [0.29, 0.717) is 23.9 Å². The van der Waals surface area contributed by atoms with E-state index >= 15 is 0 Å². The highest BCUT2D eigenvalue weighted by Crippen LogP contribution is 2.27. The van der Waals surface area contributed by atoms with Crippen LogP contribution >= 0.6 is 0 Å². The summed E-state index contributed by atoms with van der Waals surface area (Å²) in [5.74, 6) is 0.972. The standard InChI is InChI=1S/C16H22N2O3/c1-10(2)9-17-16(19)11(3)21-13-5-6-14-12(8-13)4-7-15(14)18-20/h5-6,8,10-11,20H,4,7,9H2,1-3H3,(H,17,19)/b18-15+. The lowest BCUT2D eigenvalue weighted by atomic mass is 10.1. The number of nitrogens with zero attached hydrogens (tertiary/aromatic N) is 1. The molecule has 5 heteroatoms. The molecule has 1 aliphatic rings. The van der Waals surface area contributed by atoms with Crippen LogP contribution < -0.4 is 10.1 Å². The summed E-state index contributed by atoms with van der Waals surface area (Å²) in [5, 5.41) is 15.1. The summed E-state index contributed by atoms with van der Waals surface area (Å²) in [5.41, 5.74) is 2.76. The first kappa shape index (κ1) is 15.4. The zero-order valence-electron chi connectivity index (χ0n) is 12.7. The molecule has 1 amide bonds. The Morgan fingerprint density at radius 1 is 1.38 bits per heavy atom. The molecule has 0 fully saturated rings. The smallest absolute Gasteiger partial charge is 0.260 e. The molecule has 0 bridgehead atoms. The Labute approximate surface area is 125 Å². The monoisotopic (exact) mass is 290 g/mol. The van der Waals surface area contributed by atoms with E-state index in [1.165, 1.54) is 0 Å². The Balaban J connectivity index is 1.99. The van der Waals surface area contributed by atoms with E-state index in [-0.39, 0.29) is 5.91 Å². The van der Waals surface area contributed by atoms with Crippen LogP contribution in [0.2, 0.25) is 0 Å². The molecule has 0 saturated heterocycles. The summed E-state index contributed by atoms with van der Waals surface area (Å²) >= 11 is 0. The van der Waals surface area contributed by atoms with E-state index in [1.54, 1.807) is 6.92 Å². The minimum absolute atomic E-state index is 0.109. The molecule has 0 heterocycles. The van der Waals surface area contributed by atoms with Gasteiger partial charge in [-0.2, -0.15) is 0 Å². The summed E-state index contributed by atoms with van der Waals surface area (Å²) in [6, 6.07) is 5.60. The molecule has 0 spiro atoms. The largest absolute Gasteiger partial charge is 0.481 e. The second-order valence-electron chi connectivity index (χ2n) is 5.76. The minimum Gasteiger partial charge on any atom is -0.481 e. The number of amides is 1. The van der Waals surface area contributed by atoms with Crippen molar-refractivity contribution in [1.82, 2.24) is 5.32 Å². The summed E-state index contributed by atoms with van der Waals surface area (Å²) in [4.78, 5) is 11.9. The van der Waals surface area contributed by atoms with E-state index in [4.69, 9.17) is 9.94 Å². The van der Waals surface area contributed by atoms with Gasteiger partial charge in [-0.25, -0.2) is 0 Å². The SMILES string of the molecule is CC(C)CNC(=O)C(C)Oc1ccc2c(c1)CC/C2=N\O. The fourth-order valence-electron chi connectivity index (χ4n) is 2.33.